The second-order valence-electron chi connectivity index (χ2n) is 6.34. The van der Waals surface area contributed by atoms with Gasteiger partial charge in [0.1, 0.15) is 0 Å². The highest BCUT2D eigenvalue weighted by Gasteiger charge is 2.24. The van der Waals surface area contributed by atoms with Crippen LogP contribution in [0.3, 0.4) is 0 Å². The molecule has 3 N–H and O–H groups in total. The summed E-state index contributed by atoms with van der Waals surface area (Å²) in [7, 11) is 0. The van der Waals surface area contributed by atoms with Crippen molar-refractivity contribution >= 4 is 17.6 Å². The molecule has 2 atom stereocenters. The van der Waals surface area contributed by atoms with Crippen LogP contribution in [0.2, 0.25) is 0 Å². The van der Waals surface area contributed by atoms with Crippen LogP contribution in [0.25, 0.3) is 0 Å². The van der Waals surface area contributed by atoms with Gasteiger partial charge in [0.25, 0.3) is 5.91 Å². The number of amides is 3. The number of anilines is 1. The van der Waals surface area contributed by atoms with Crippen LogP contribution in [-0.2, 0) is 0 Å². The number of rotatable bonds is 3. The number of nitrogens with one attached hydrogen (secondary N) is 3. The third-order valence-corrected chi connectivity index (χ3v) is 4.64. The van der Waals surface area contributed by atoms with Crippen LogP contribution in [0.1, 0.15) is 30.1 Å². The Morgan fingerprint density at radius 2 is 2.22 bits per heavy atom. The number of hydrogen-bond acceptors (Lipinski definition) is 3. The Morgan fingerprint density at radius 1 is 1.35 bits per heavy atom. The van der Waals surface area contributed by atoms with Crippen molar-refractivity contribution < 1.29 is 9.59 Å². The molecule has 0 aromatic heterocycles. The molecule has 3 amide bonds. The van der Waals surface area contributed by atoms with Gasteiger partial charge in [-0.1, -0.05) is 13.0 Å². The second-order valence-corrected chi connectivity index (χ2v) is 6.34. The lowest BCUT2D eigenvalue weighted by Gasteiger charge is -2.30. The lowest BCUT2D eigenvalue weighted by atomic mass is 9.94. The minimum Gasteiger partial charge on any atom is -0.348 e. The molecule has 2 fully saturated rings. The van der Waals surface area contributed by atoms with E-state index in [1.807, 2.05) is 12.1 Å². The Balaban J connectivity index is 1.71. The average molecular weight is 316 g/mol. The first-order valence-electron chi connectivity index (χ1n) is 8.32. The molecular formula is C17H24N4O2. The monoisotopic (exact) mass is 316 g/mol. The second kappa shape index (κ2) is 7.00. The van der Waals surface area contributed by atoms with Gasteiger partial charge in [0, 0.05) is 36.9 Å². The zero-order chi connectivity index (χ0) is 16.2. The van der Waals surface area contributed by atoms with E-state index in [4.69, 9.17) is 0 Å². The third-order valence-electron chi connectivity index (χ3n) is 4.64. The summed E-state index contributed by atoms with van der Waals surface area (Å²) >= 11 is 0. The summed E-state index contributed by atoms with van der Waals surface area (Å²) < 4.78 is 0. The maximum Gasteiger partial charge on any atom is 0.321 e. The highest BCUT2D eigenvalue weighted by molar-refractivity contribution is 5.98. The number of piperidine rings is 1. The standard InChI is InChI=1S/C17H24N4O2/c1-12-6-8-18-11-15(12)20-16(22)13-4-2-5-14(10-13)21-9-3-7-19-17(21)23/h2,4-5,10,12,15,18H,3,6-9,11H2,1H3,(H,19,23)(H,20,22). The van der Waals surface area contributed by atoms with E-state index in [0.29, 0.717) is 24.6 Å². The summed E-state index contributed by atoms with van der Waals surface area (Å²) in [5, 5.41) is 9.25. The van der Waals surface area contributed by atoms with E-state index < -0.39 is 0 Å². The molecule has 0 saturated carbocycles. The maximum atomic E-state index is 12.5. The summed E-state index contributed by atoms with van der Waals surface area (Å²) in [5.41, 5.74) is 1.36. The van der Waals surface area contributed by atoms with Crippen LogP contribution in [0, 0.1) is 5.92 Å². The predicted molar refractivity (Wildman–Crippen MR) is 89.7 cm³/mol. The topological polar surface area (TPSA) is 73.5 Å². The van der Waals surface area contributed by atoms with Crippen LogP contribution >= 0.6 is 0 Å². The number of carbonyl (C=O) groups is 2. The van der Waals surface area contributed by atoms with E-state index in [1.165, 1.54) is 0 Å². The molecule has 124 valence electrons. The number of carbonyl (C=O) groups excluding carboxylic acids is 2. The van der Waals surface area contributed by atoms with Crippen molar-refractivity contribution in [1.29, 1.82) is 0 Å². The van der Waals surface area contributed by atoms with Crippen molar-refractivity contribution in [3.05, 3.63) is 29.8 Å². The first-order chi connectivity index (χ1) is 11.1. The van der Waals surface area contributed by atoms with Gasteiger partial charge in [0.15, 0.2) is 0 Å². The van der Waals surface area contributed by atoms with Gasteiger partial charge in [-0.15, -0.1) is 0 Å². The van der Waals surface area contributed by atoms with Crippen molar-refractivity contribution in [3.8, 4) is 0 Å². The van der Waals surface area contributed by atoms with E-state index in [0.717, 1.165) is 31.6 Å². The maximum absolute atomic E-state index is 12.5. The number of nitrogens with zero attached hydrogens (tertiary/aromatic N) is 1. The van der Waals surface area contributed by atoms with E-state index in [2.05, 4.69) is 22.9 Å². The molecule has 2 heterocycles. The van der Waals surface area contributed by atoms with E-state index in [1.54, 1.807) is 17.0 Å². The highest BCUT2D eigenvalue weighted by Crippen LogP contribution is 2.19. The fraction of sp³-hybridized carbons (Fsp3) is 0.529. The molecule has 0 spiro atoms. The van der Waals surface area contributed by atoms with Crippen LogP contribution in [-0.4, -0.2) is 44.2 Å². The van der Waals surface area contributed by atoms with E-state index in [9.17, 15) is 9.59 Å². The van der Waals surface area contributed by atoms with E-state index >= 15 is 0 Å². The molecule has 23 heavy (non-hydrogen) atoms. The van der Waals surface area contributed by atoms with Crippen LogP contribution < -0.4 is 20.9 Å². The first-order valence-corrected chi connectivity index (χ1v) is 8.32. The highest BCUT2D eigenvalue weighted by atomic mass is 16.2. The Morgan fingerprint density at radius 3 is 3.00 bits per heavy atom. The first kappa shape index (κ1) is 15.8. The Kier molecular flexibility index (Phi) is 4.81. The number of hydrogen-bond donors (Lipinski definition) is 3. The van der Waals surface area contributed by atoms with Crippen LogP contribution in [0.5, 0.6) is 0 Å². The molecule has 6 heteroatoms. The van der Waals surface area contributed by atoms with Crippen molar-refractivity contribution in [2.75, 3.05) is 31.1 Å². The normalized spacial score (nSPS) is 24.9. The Hall–Kier alpha value is -2.08. The van der Waals surface area contributed by atoms with Gasteiger partial charge in [0.2, 0.25) is 0 Å². The van der Waals surface area contributed by atoms with Crippen LogP contribution in [0.4, 0.5) is 10.5 Å². The van der Waals surface area contributed by atoms with Crippen molar-refractivity contribution in [2.24, 2.45) is 5.92 Å². The predicted octanol–water partition coefficient (Wildman–Crippen LogP) is 1.33. The summed E-state index contributed by atoms with van der Waals surface area (Å²) in [5.74, 6) is 0.390. The van der Waals surface area contributed by atoms with Crippen molar-refractivity contribution in [3.63, 3.8) is 0 Å². The zero-order valence-corrected chi connectivity index (χ0v) is 13.5. The minimum atomic E-state index is -0.0982. The molecule has 2 unspecified atom stereocenters. The number of urea groups is 1. The molecule has 1 aromatic rings. The average Bonchev–Trinajstić information content (AvgIpc) is 2.57. The molecule has 2 aliphatic heterocycles. The number of benzene rings is 1. The largest absolute Gasteiger partial charge is 0.348 e. The molecule has 3 rings (SSSR count). The van der Waals surface area contributed by atoms with Gasteiger partial charge in [-0.05, 0) is 43.5 Å². The molecule has 0 aliphatic carbocycles. The summed E-state index contributed by atoms with van der Waals surface area (Å²) in [4.78, 5) is 26.1. The van der Waals surface area contributed by atoms with E-state index in [-0.39, 0.29) is 18.0 Å². The molecule has 2 aliphatic rings. The smallest absolute Gasteiger partial charge is 0.321 e. The molecule has 6 nitrogen and oxygen atoms in total. The van der Waals surface area contributed by atoms with Crippen molar-refractivity contribution in [1.82, 2.24) is 16.0 Å². The summed E-state index contributed by atoms with van der Waals surface area (Å²) in [6.45, 7) is 5.37. The fourth-order valence-corrected chi connectivity index (χ4v) is 3.13. The SMILES string of the molecule is CC1CCNCC1NC(=O)c1cccc(N2CCCNC2=O)c1. The molecular weight excluding hydrogens is 292 g/mol. The van der Waals surface area contributed by atoms with Gasteiger partial charge in [-0.25, -0.2) is 4.79 Å². The summed E-state index contributed by atoms with van der Waals surface area (Å²) in [6, 6.07) is 7.33. The Labute approximate surface area is 136 Å². The zero-order valence-electron chi connectivity index (χ0n) is 13.5. The van der Waals surface area contributed by atoms with Gasteiger partial charge < -0.3 is 16.0 Å². The molecule has 1 aromatic carbocycles. The van der Waals surface area contributed by atoms with Crippen LogP contribution in [0.15, 0.2) is 24.3 Å². The molecule has 0 bridgehead atoms. The van der Waals surface area contributed by atoms with Gasteiger partial charge in [-0.3, -0.25) is 9.69 Å². The lowest BCUT2D eigenvalue weighted by molar-refractivity contribution is 0.0915. The van der Waals surface area contributed by atoms with Gasteiger partial charge >= 0.3 is 6.03 Å². The fourth-order valence-electron chi connectivity index (χ4n) is 3.13. The molecule has 2 saturated heterocycles. The minimum absolute atomic E-state index is 0.0789. The van der Waals surface area contributed by atoms with Gasteiger partial charge in [0.05, 0.1) is 0 Å². The summed E-state index contributed by atoms with van der Waals surface area (Å²) in [6.07, 6.45) is 1.98. The third kappa shape index (κ3) is 3.64. The van der Waals surface area contributed by atoms with Gasteiger partial charge in [-0.2, -0.15) is 0 Å². The molecule has 0 radical (unpaired) electrons. The quantitative estimate of drug-likeness (QED) is 0.788. The van der Waals surface area contributed by atoms with Crippen molar-refractivity contribution in [2.45, 2.75) is 25.8 Å². The lowest BCUT2D eigenvalue weighted by Crippen LogP contribution is -2.50. The Bertz CT molecular complexity index is 590.